The molecule has 0 aliphatic rings. The molecule has 140 valence electrons. The normalized spacial score (nSPS) is 10.5. The lowest BCUT2D eigenvalue weighted by Crippen LogP contribution is -2.14. The fourth-order valence-electron chi connectivity index (χ4n) is 1.86. The Morgan fingerprint density at radius 3 is 2.00 bits per heavy atom. The highest BCUT2D eigenvalue weighted by molar-refractivity contribution is 14.1. The van der Waals surface area contributed by atoms with E-state index < -0.39 is 11.9 Å². The van der Waals surface area contributed by atoms with Gasteiger partial charge in [-0.2, -0.15) is 0 Å². The van der Waals surface area contributed by atoms with Gasteiger partial charge in [-0.15, -0.1) is 0 Å². The third-order valence-electron chi connectivity index (χ3n) is 3.14. The van der Waals surface area contributed by atoms with Crippen LogP contribution in [-0.2, 0) is 18.9 Å². The minimum Gasteiger partial charge on any atom is -0.462 e. The van der Waals surface area contributed by atoms with Crippen LogP contribution >= 0.6 is 22.6 Å². The molecule has 0 saturated heterocycles. The summed E-state index contributed by atoms with van der Waals surface area (Å²) in [5.41, 5.74) is 0.673. The van der Waals surface area contributed by atoms with Crippen LogP contribution in [0.2, 0.25) is 0 Å². The summed E-state index contributed by atoms with van der Waals surface area (Å²) in [4.78, 5) is 24.1. The van der Waals surface area contributed by atoms with Crippen LogP contribution in [-0.4, -0.2) is 51.6 Å². The number of ether oxygens (including phenoxy) is 4. The van der Waals surface area contributed by atoms with Crippen molar-refractivity contribution >= 4 is 34.5 Å². The largest absolute Gasteiger partial charge is 0.462 e. The van der Waals surface area contributed by atoms with Crippen molar-refractivity contribution in [2.24, 2.45) is 0 Å². The van der Waals surface area contributed by atoms with Crippen molar-refractivity contribution in [3.8, 4) is 0 Å². The minimum atomic E-state index is -0.491. The van der Waals surface area contributed by atoms with Gasteiger partial charge in [-0.25, -0.2) is 9.59 Å². The highest BCUT2D eigenvalue weighted by atomic mass is 127. The van der Waals surface area contributed by atoms with Gasteiger partial charge in [0.15, 0.2) is 0 Å². The molecule has 0 bridgehead atoms. The van der Waals surface area contributed by atoms with Gasteiger partial charge in [0, 0.05) is 10.2 Å². The summed E-state index contributed by atoms with van der Waals surface area (Å²) in [5.74, 6) is -0.921. The Kier molecular flexibility index (Phi) is 11.4. The Hall–Kier alpha value is -1.19. The molecule has 0 radical (unpaired) electrons. The number of carbonyl (C=O) groups excluding carboxylic acids is 2. The molecule has 7 heteroatoms. The molecule has 1 aromatic carbocycles. The van der Waals surface area contributed by atoms with Gasteiger partial charge in [0.25, 0.3) is 0 Å². The van der Waals surface area contributed by atoms with E-state index in [2.05, 4.69) is 22.6 Å². The molecule has 1 rings (SSSR count). The Morgan fingerprint density at radius 1 is 0.840 bits per heavy atom. The monoisotopic (exact) mass is 464 g/mol. The first-order chi connectivity index (χ1) is 12.1. The Bertz CT molecular complexity index is 546. The van der Waals surface area contributed by atoms with E-state index in [-0.39, 0.29) is 6.61 Å². The summed E-state index contributed by atoms with van der Waals surface area (Å²) >= 11 is 2.05. The number of esters is 2. The van der Waals surface area contributed by atoms with Crippen molar-refractivity contribution in [2.45, 2.75) is 26.7 Å². The number of hydrogen-bond acceptors (Lipinski definition) is 6. The van der Waals surface area contributed by atoms with E-state index in [0.29, 0.717) is 44.2 Å². The zero-order valence-corrected chi connectivity index (χ0v) is 16.9. The molecule has 1 aromatic rings. The second kappa shape index (κ2) is 13.1. The zero-order chi connectivity index (χ0) is 18.5. The number of benzene rings is 1. The summed E-state index contributed by atoms with van der Waals surface area (Å²) in [6, 6.07) is 4.85. The molecule has 0 fully saturated rings. The van der Waals surface area contributed by atoms with Crippen molar-refractivity contribution in [2.75, 3.05) is 39.6 Å². The minimum absolute atomic E-state index is 0.146. The molecule has 6 nitrogen and oxygen atoms in total. The second-order valence-electron chi connectivity index (χ2n) is 5.16. The molecule has 0 aliphatic heterocycles. The maximum atomic E-state index is 12.1. The zero-order valence-electron chi connectivity index (χ0n) is 14.7. The first kappa shape index (κ1) is 21.9. The average molecular weight is 464 g/mol. The summed E-state index contributed by atoms with van der Waals surface area (Å²) in [6.07, 6.45) is 1.76. The smallest absolute Gasteiger partial charge is 0.338 e. The number of halogens is 1. The Balaban J connectivity index is 2.48. The van der Waals surface area contributed by atoms with Crippen LogP contribution in [0.4, 0.5) is 0 Å². The molecule has 0 saturated carbocycles. The van der Waals surface area contributed by atoms with Gasteiger partial charge in [-0.3, -0.25) is 0 Å². The summed E-state index contributed by atoms with van der Waals surface area (Å²) < 4.78 is 21.5. The average Bonchev–Trinajstić information content (AvgIpc) is 2.60. The van der Waals surface area contributed by atoms with E-state index in [1.165, 1.54) is 6.07 Å². The van der Waals surface area contributed by atoms with Crippen molar-refractivity contribution < 1.29 is 28.5 Å². The first-order valence-corrected chi connectivity index (χ1v) is 9.46. The van der Waals surface area contributed by atoms with Gasteiger partial charge in [-0.05, 0) is 54.1 Å². The van der Waals surface area contributed by atoms with Gasteiger partial charge in [0.1, 0.15) is 6.61 Å². The molecular weight excluding hydrogens is 439 g/mol. The van der Waals surface area contributed by atoms with E-state index in [1.54, 1.807) is 12.1 Å². The van der Waals surface area contributed by atoms with Crippen molar-refractivity contribution in [1.82, 2.24) is 0 Å². The van der Waals surface area contributed by atoms with Crippen LogP contribution in [0.5, 0.6) is 0 Å². The van der Waals surface area contributed by atoms with E-state index in [0.717, 1.165) is 16.4 Å². The van der Waals surface area contributed by atoms with E-state index >= 15 is 0 Å². The van der Waals surface area contributed by atoms with Crippen LogP contribution in [0, 0.1) is 3.57 Å². The summed E-state index contributed by atoms with van der Waals surface area (Å²) in [6.45, 7) is 6.38. The van der Waals surface area contributed by atoms with Crippen LogP contribution in [0.1, 0.15) is 47.4 Å². The van der Waals surface area contributed by atoms with E-state index in [9.17, 15) is 9.59 Å². The van der Waals surface area contributed by atoms with Gasteiger partial charge in [-0.1, -0.05) is 13.3 Å². The standard InChI is InChI=1S/C18H25IO6/c1-3-5-6-24-17(20)14-11-15(13-16(19)12-14)18(21)25-10-9-23-8-7-22-4-2/h11-13H,3-10H2,1-2H3. The third kappa shape index (κ3) is 9.18. The number of hydrogen-bond donors (Lipinski definition) is 0. The molecular formula is C18H25IO6. The quantitative estimate of drug-likeness (QED) is 0.268. The third-order valence-corrected chi connectivity index (χ3v) is 3.76. The first-order valence-electron chi connectivity index (χ1n) is 8.38. The highest BCUT2D eigenvalue weighted by Crippen LogP contribution is 2.15. The van der Waals surface area contributed by atoms with Crippen molar-refractivity contribution in [3.05, 3.63) is 32.9 Å². The van der Waals surface area contributed by atoms with Gasteiger partial charge in [0.05, 0.1) is 37.6 Å². The molecule has 25 heavy (non-hydrogen) atoms. The molecule has 0 heterocycles. The number of unbranched alkanes of at least 4 members (excludes halogenated alkanes) is 1. The van der Waals surface area contributed by atoms with Crippen LogP contribution in [0.3, 0.4) is 0 Å². The van der Waals surface area contributed by atoms with Gasteiger partial charge < -0.3 is 18.9 Å². The lowest BCUT2D eigenvalue weighted by Gasteiger charge is -2.09. The molecule has 0 aliphatic carbocycles. The molecule has 0 N–H and O–H groups in total. The SMILES string of the molecule is CCCCOC(=O)c1cc(I)cc(C(=O)OCCOCCOCC)c1. The molecule has 0 amide bonds. The predicted octanol–water partition coefficient (Wildman–Crippen LogP) is 3.46. The number of carbonyl (C=O) groups is 2. The number of rotatable bonds is 12. The maximum absolute atomic E-state index is 12.1. The molecule has 0 spiro atoms. The lowest BCUT2D eigenvalue weighted by molar-refractivity contribution is 0.0164. The van der Waals surface area contributed by atoms with Gasteiger partial charge >= 0.3 is 11.9 Å². The second-order valence-corrected chi connectivity index (χ2v) is 6.41. The van der Waals surface area contributed by atoms with E-state index in [1.807, 2.05) is 13.8 Å². The van der Waals surface area contributed by atoms with E-state index in [4.69, 9.17) is 18.9 Å². The summed E-state index contributed by atoms with van der Waals surface area (Å²) in [7, 11) is 0. The Labute approximate surface area is 162 Å². The molecule has 0 aromatic heterocycles. The molecule has 0 unspecified atom stereocenters. The molecule has 0 atom stereocenters. The topological polar surface area (TPSA) is 71.1 Å². The maximum Gasteiger partial charge on any atom is 0.338 e. The van der Waals surface area contributed by atoms with Crippen molar-refractivity contribution in [1.29, 1.82) is 0 Å². The predicted molar refractivity (Wildman–Crippen MR) is 102 cm³/mol. The lowest BCUT2D eigenvalue weighted by atomic mass is 10.1. The Morgan fingerprint density at radius 2 is 1.40 bits per heavy atom. The highest BCUT2D eigenvalue weighted by Gasteiger charge is 2.14. The van der Waals surface area contributed by atoms with Gasteiger partial charge in [0.2, 0.25) is 0 Å². The van der Waals surface area contributed by atoms with Crippen LogP contribution in [0.25, 0.3) is 0 Å². The van der Waals surface area contributed by atoms with Crippen LogP contribution < -0.4 is 0 Å². The summed E-state index contributed by atoms with van der Waals surface area (Å²) in [5, 5.41) is 0. The fraction of sp³-hybridized carbons (Fsp3) is 0.556. The van der Waals surface area contributed by atoms with Crippen LogP contribution in [0.15, 0.2) is 18.2 Å². The fourth-order valence-corrected chi connectivity index (χ4v) is 2.53. The van der Waals surface area contributed by atoms with Crippen molar-refractivity contribution in [3.63, 3.8) is 0 Å².